The fraction of sp³-hybridized carbons (Fsp3) is 0.0769. The third-order valence-corrected chi connectivity index (χ3v) is 3.09. The van der Waals surface area contributed by atoms with Crippen LogP contribution < -0.4 is 0 Å². The molecule has 0 spiro atoms. The van der Waals surface area contributed by atoms with Crippen LogP contribution in [-0.2, 0) is 6.54 Å². The number of nitrogens with zero attached hydrogens (tertiary/aromatic N) is 1. The largest absolute Gasteiger partial charge is 0.477 e. The predicted octanol–water partition coefficient (Wildman–Crippen LogP) is 2.97. The molecule has 1 aromatic heterocycles. The van der Waals surface area contributed by atoms with E-state index in [4.69, 9.17) is 5.11 Å². The number of ketones is 1. The monoisotopic (exact) mass is 325 g/mol. The zero-order chi connectivity index (χ0) is 14.0. The van der Waals surface area contributed by atoms with Crippen LogP contribution in [0.25, 0.3) is 0 Å². The lowest BCUT2D eigenvalue weighted by atomic mass is 10.1. The van der Waals surface area contributed by atoms with Crippen molar-refractivity contribution in [2.75, 3.05) is 0 Å². The SMILES string of the molecule is O=C(Cn1cc(F)cc1C(=O)O)c1ccc(Br)cc1. The molecular formula is C13H9BrFNO3. The number of hydrogen-bond donors (Lipinski definition) is 1. The predicted molar refractivity (Wildman–Crippen MR) is 69.8 cm³/mol. The first kappa shape index (κ1) is 13.5. The number of hydrogen-bond acceptors (Lipinski definition) is 2. The first-order chi connectivity index (χ1) is 8.97. The molecule has 19 heavy (non-hydrogen) atoms. The molecule has 0 unspecified atom stereocenters. The van der Waals surface area contributed by atoms with E-state index in [0.717, 1.165) is 21.3 Å². The molecule has 4 nitrogen and oxygen atoms in total. The van der Waals surface area contributed by atoms with E-state index in [9.17, 15) is 14.0 Å². The molecule has 0 aliphatic heterocycles. The summed E-state index contributed by atoms with van der Waals surface area (Å²) < 4.78 is 15.0. The molecule has 98 valence electrons. The van der Waals surface area contributed by atoms with Gasteiger partial charge in [-0.3, -0.25) is 4.79 Å². The summed E-state index contributed by atoms with van der Waals surface area (Å²) in [6.45, 7) is -0.215. The number of carbonyl (C=O) groups is 2. The highest BCUT2D eigenvalue weighted by Gasteiger charge is 2.15. The van der Waals surface area contributed by atoms with Crippen LogP contribution in [0.4, 0.5) is 4.39 Å². The van der Waals surface area contributed by atoms with Crippen molar-refractivity contribution in [1.29, 1.82) is 0 Å². The number of Topliss-reactive ketones (excluding diaryl/α,β-unsaturated/α-hetero) is 1. The van der Waals surface area contributed by atoms with Crippen LogP contribution in [0.3, 0.4) is 0 Å². The molecule has 0 bridgehead atoms. The molecule has 0 aliphatic rings. The summed E-state index contributed by atoms with van der Waals surface area (Å²) in [6.07, 6.45) is 1.00. The molecule has 0 fully saturated rings. The van der Waals surface area contributed by atoms with E-state index in [0.29, 0.717) is 5.56 Å². The minimum absolute atomic E-state index is 0.215. The molecule has 1 aromatic carbocycles. The maximum Gasteiger partial charge on any atom is 0.352 e. The number of aromatic nitrogens is 1. The third-order valence-electron chi connectivity index (χ3n) is 2.56. The van der Waals surface area contributed by atoms with Gasteiger partial charge in [-0.05, 0) is 12.1 Å². The van der Waals surface area contributed by atoms with Crippen LogP contribution >= 0.6 is 15.9 Å². The van der Waals surface area contributed by atoms with Crippen LogP contribution in [0, 0.1) is 5.82 Å². The summed E-state index contributed by atoms with van der Waals surface area (Å²) in [5.41, 5.74) is 0.191. The molecule has 0 amide bonds. The van der Waals surface area contributed by atoms with Crippen LogP contribution in [0.5, 0.6) is 0 Å². The standard InChI is InChI=1S/C13H9BrFNO3/c14-9-3-1-8(2-4-9)12(17)7-16-6-10(15)5-11(16)13(18)19/h1-6H,7H2,(H,18,19). The van der Waals surface area contributed by atoms with Crippen molar-refractivity contribution in [3.63, 3.8) is 0 Å². The van der Waals surface area contributed by atoms with Crippen LogP contribution in [0.1, 0.15) is 20.8 Å². The van der Waals surface area contributed by atoms with Crippen molar-refractivity contribution < 1.29 is 19.1 Å². The van der Waals surface area contributed by atoms with Gasteiger partial charge in [0.05, 0.1) is 6.54 Å². The topological polar surface area (TPSA) is 59.3 Å². The fourth-order valence-corrected chi connectivity index (χ4v) is 1.93. The Morgan fingerprint density at radius 3 is 2.47 bits per heavy atom. The van der Waals surface area contributed by atoms with E-state index in [2.05, 4.69) is 15.9 Å². The Morgan fingerprint density at radius 2 is 1.89 bits per heavy atom. The molecule has 1 N–H and O–H groups in total. The van der Waals surface area contributed by atoms with E-state index >= 15 is 0 Å². The molecule has 0 atom stereocenters. The van der Waals surface area contributed by atoms with E-state index in [1.165, 1.54) is 0 Å². The number of carboxylic acid groups (broad SMARTS) is 1. The summed E-state index contributed by atoms with van der Waals surface area (Å²) in [7, 11) is 0. The second-order valence-corrected chi connectivity index (χ2v) is 4.82. The Balaban J connectivity index is 2.24. The third kappa shape index (κ3) is 3.08. The maximum absolute atomic E-state index is 13.1. The average molecular weight is 326 g/mol. The second-order valence-electron chi connectivity index (χ2n) is 3.91. The molecule has 0 saturated heterocycles. The zero-order valence-electron chi connectivity index (χ0n) is 9.64. The minimum atomic E-state index is -1.27. The van der Waals surface area contributed by atoms with Gasteiger partial charge in [0, 0.05) is 22.3 Å². The van der Waals surface area contributed by atoms with Gasteiger partial charge in [0.2, 0.25) is 0 Å². The van der Waals surface area contributed by atoms with Gasteiger partial charge in [-0.2, -0.15) is 0 Å². The summed E-state index contributed by atoms with van der Waals surface area (Å²) in [6, 6.07) is 7.54. The molecular weight excluding hydrogens is 317 g/mol. The van der Waals surface area contributed by atoms with Gasteiger partial charge < -0.3 is 9.67 Å². The molecule has 2 rings (SSSR count). The van der Waals surface area contributed by atoms with Crippen molar-refractivity contribution >= 4 is 27.7 Å². The molecule has 6 heteroatoms. The second kappa shape index (κ2) is 5.36. The van der Waals surface area contributed by atoms with Crippen molar-refractivity contribution in [1.82, 2.24) is 4.57 Å². The quantitative estimate of drug-likeness (QED) is 0.879. The Labute approximate surface area is 116 Å². The first-order valence-corrected chi connectivity index (χ1v) is 6.14. The van der Waals surface area contributed by atoms with E-state index in [1.54, 1.807) is 24.3 Å². The summed E-state index contributed by atoms with van der Waals surface area (Å²) >= 11 is 3.25. The molecule has 1 heterocycles. The van der Waals surface area contributed by atoms with Crippen molar-refractivity contribution in [3.05, 3.63) is 58.1 Å². The highest BCUT2D eigenvalue weighted by Crippen LogP contribution is 2.13. The number of rotatable bonds is 4. The highest BCUT2D eigenvalue weighted by atomic mass is 79.9. The molecule has 2 aromatic rings. The number of carbonyl (C=O) groups excluding carboxylic acids is 1. The summed E-state index contributed by atoms with van der Waals surface area (Å²) in [5, 5.41) is 8.89. The lowest BCUT2D eigenvalue weighted by Crippen LogP contribution is -2.14. The Morgan fingerprint density at radius 1 is 1.26 bits per heavy atom. The number of carboxylic acids is 1. The molecule has 0 saturated carbocycles. The highest BCUT2D eigenvalue weighted by molar-refractivity contribution is 9.10. The Bertz CT molecular complexity index is 634. The van der Waals surface area contributed by atoms with Crippen LogP contribution in [0.2, 0.25) is 0 Å². The van der Waals surface area contributed by atoms with Crippen LogP contribution in [0.15, 0.2) is 41.0 Å². The van der Waals surface area contributed by atoms with Crippen molar-refractivity contribution in [2.24, 2.45) is 0 Å². The average Bonchev–Trinajstić information content (AvgIpc) is 2.71. The molecule has 0 aliphatic carbocycles. The minimum Gasteiger partial charge on any atom is -0.477 e. The van der Waals surface area contributed by atoms with Crippen molar-refractivity contribution in [3.8, 4) is 0 Å². The lowest BCUT2D eigenvalue weighted by Gasteiger charge is -2.05. The van der Waals surface area contributed by atoms with Gasteiger partial charge in [-0.25, -0.2) is 9.18 Å². The smallest absolute Gasteiger partial charge is 0.352 e. The van der Waals surface area contributed by atoms with Gasteiger partial charge in [0.1, 0.15) is 11.5 Å². The summed E-state index contributed by atoms with van der Waals surface area (Å²) in [4.78, 5) is 22.9. The van der Waals surface area contributed by atoms with Crippen molar-refractivity contribution in [2.45, 2.75) is 6.54 Å². The molecule has 0 radical (unpaired) electrons. The van der Waals surface area contributed by atoms with Gasteiger partial charge >= 0.3 is 5.97 Å². The van der Waals surface area contributed by atoms with Gasteiger partial charge in [0.15, 0.2) is 5.78 Å². The van der Waals surface area contributed by atoms with Gasteiger partial charge in [0.25, 0.3) is 0 Å². The normalized spacial score (nSPS) is 10.4. The lowest BCUT2D eigenvalue weighted by molar-refractivity contribution is 0.0685. The Hall–Kier alpha value is -1.95. The maximum atomic E-state index is 13.1. The number of aromatic carboxylic acids is 1. The van der Waals surface area contributed by atoms with Crippen LogP contribution in [-0.4, -0.2) is 21.4 Å². The van der Waals surface area contributed by atoms with E-state index < -0.39 is 11.8 Å². The first-order valence-electron chi connectivity index (χ1n) is 5.35. The van der Waals surface area contributed by atoms with E-state index in [-0.39, 0.29) is 18.0 Å². The fourth-order valence-electron chi connectivity index (χ4n) is 1.67. The van der Waals surface area contributed by atoms with E-state index in [1.807, 2.05) is 0 Å². The number of halogens is 2. The number of benzene rings is 1. The zero-order valence-corrected chi connectivity index (χ0v) is 11.2. The van der Waals surface area contributed by atoms with Gasteiger partial charge in [-0.15, -0.1) is 0 Å². The summed E-state index contributed by atoms with van der Waals surface area (Å²) in [5.74, 6) is -2.24. The van der Waals surface area contributed by atoms with Gasteiger partial charge in [-0.1, -0.05) is 28.1 Å². The Kier molecular flexibility index (Phi) is 3.80.